The lowest BCUT2D eigenvalue weighted by atomic mass is 10.0. The van der Waals surface area contributed by atoms with Crippen LogP contribution in [0.5, 0.6) is 5.75 Å². The first-order chi connectivity index (χ1) is 15.4. The van der Waals surface area contributed by atoms with E-state index in [-0.39, 0.29) is 0 Å². The van der Waals surface area contributed by atoms with Gasteiger partial charge in [0.25, 0.3) is 0 Å². The van der Waals surface area contributed by atoms with Crippen LogP contribution in [0.25, 0.3) is 0 Å². The second-order valence-electron chi connectivity index (χ2n) is 9.69. The van der Waals surface area contributed by atoms with Crippen molar-refractivity contribution >= 4 is 19.0 Å². The van der Waals surface area contributed by atoms with Crippen molar-refractivity contribution in [2.24, 2.45) is 11.8 Å². The fraction of sp³-hybridized carbons (Fsp3) is 0.571. The molecule has 0 saturated carbocycles. The highest BCUT2D eigenvalue weighted by molar-refractivity contribution is 8.52. The van der Waals surface area contributed by atoms with Gasteiger partial charge in [-0.1, -0.05) is 90.5 Å². The number of aryl methyl sites for hydroxylation is 2. The van der Waals surface area contributed by atoms with Gasteiger partial charge in [0.1, 0.15) is 5.75 Å². The molecule has 2 aromatic rings. The van der Waals surface area contributed by atoms with Crippen LogP contribution in [0.4, 0.5) is 0 Å². The van der Waals surface area contributed by atoms with E-state index in [2.05, 4.69) is 64.1 Å². The van der Waals surface area contributed by atoms with Gasteiger partial charge in [0.15, 0.2) is 0 Å². The minimum absolute atomic E-state index is 0.743. The maximum Gasteiger partial charge on any atom is 0.301 e. The van der Waals surface area contributed by atoms with Crippen LogP contribution in [0.15, 0.2) is 53.4 Å². The van der Waals surface area contributed by atoms with Crippen molar-refractivity contribution in [2.75, 3.05) is 0 Å². The number of rotatable bonds is 16. The molecule has 0 spiro atoms. The largest absolute Gasteiger partial charge is 0.439 e. The molecule has 32 heavy (non-hydrogen) atoms. The molecule has 0 aromatic heterocycles. The van der Waals surface area contributed by atoms with E-state index in [4.69, 9.17) is 4.52 Å². The van der Waals surface area contributed by atoms with E-state index < -0.39 is 7.58 Å². The summed E-state index contributed by atoms with van der Waals surface area (Å²) in [5.74, 6) is 2.36. The number of hydrogen-bond acceptors (Lipinski definition) is 3. The van der Waals surface area contributed by atoms with E-state index in [0.29, 0.717) is 0 Å². The van der Waals surface area contributed by atoms with Crippen molar-refractivity contribution in [1.29, 1.82) is 0 Å². The van der Waals surface area contributed by atoms with Gasteiger partial charge < -0.3 is 9.42 Å². The lowest BCUT2D eigenvalue weighted by Gasteiger charge is -2.12. The zero-order valence-electron chi connectivity index (χ0n) is 20.6. The van der Waals surface area contributed by atoms with Gasteiger partial charge in [0.2, 0.25) is 0 Å². The zero-order valence-corrected chi connectivity index (χ0v) is 22.3. The molecule has 0 saturated heterocycles. The van der Waals surface area contributed by atoms with Crippen molar-refractivity contribution in [3.63, 3.8) is 0 Å². The Bertz CT molecular complexity index is 665. The van der Waals surface area contributed by atoms with Gasteiger partial charge >= 0.3 is 7.58 Å². The smallest absolute Gasteiger partial charge is 0.301 e. The highest BCUT2D eigenvalue weighted by Crippen LogP contribution is 2.51. The minimum Gasteiger partial charge on any atom is -0.439 e. The lowest BCUT2D eigenvalue weighted by molar-refractivity contribution is 0.507. The quantitative estimate of drug-likeness (QED) is 0.194. The summed E-state index contributed by atoms with van der Waals surface area (Å²) in [7, 11) is -1.58. The summed E-state index contributed by atoms with van der Waals surface area (Å²) in [5, 5.41) is 0. The van der Waals surface area contributed by atoms with Crippen molar-refractivity contribution in [2.45, 2.75) is 96.8 Å². The molecule has 0 amide bonds. The van der Waals surface area contributed by atoms with Gasteiger partial charge in [-0.2, -0.15) is 0 Å². The summed E-state index contributed by atoms with van der Waals surface area (Å²) < 4.78 is 5.77. The Labute approximate surface area is 202 Å². The standard InChI is InChI=1S/C28H43O2PS/c1-23(2)11-7-5-9-13-25-15-19-27(20-16-25)30-31(29)32-28-21-17-26(18-22-28)14-10-6-8-12-24(3)4/h15-24,29H,5-14H2,1-4H3. The average molecular weight is 475 g/mol. The van der Waals surface area contributed by atoms with Crippen LogP contribution in [-0.4, -0.2) is 4.89 Å². The highest BCUT2D eigenvalue weighted by atomic mass is 32.7. The molecule has 178 valence electrons. The van der Waals surface area contributed by atoms with E-state index in [9.17, 15) is 4.89 Å². The molecule has 0 aliphatic carbocycles. The van der Waals surface area contributed by atoms with Crippen molar-refractivity contribution < 1.29 is 9.42 Å². The molecule has 1 atom stereocenters. The molecule has 1 unspecified atom stereocenters. The SMILES string of the molecule is CC(C)CCCCCc1ccc(OP(O)Sc2ccc(CCCCCC(C)C)cc2)cc1. The van der Waals surface area contributed by atoms with Crippen LogP contribution in [0, 0.1) is 11.8 Å². The first-order valence-corrected chi connectivity index (χ1v) is 15.1. The van der Waals surface area contributed by atoms with Crippen LogP contribution in [-0.2, 0) is 12.8 Å². The van der Waals surface area contributed by atoms with Gasteiger partial charge in [-0.15, -0.1) is 0 Å². The van der Waals surface area contributed by atoms with Gasteiger partial charge in [-0.05, 0) is 84.3 Å². The molecule has 4 heteroatoms. The number of hydrogen-bond donors (Lipinski definition) is 1. The van der Waals surface area contributed by atoms with Crippen LogP contribution >= 0.6 is 19.0 Å². The second kappa shape index (κ2) is 15.8. The fourth-order valence-corrected chi connectivity index (χ4v) is 5.80. The van der Waals surface area contributed by atoms with Crippen LogP contribution in [0.1, 0.15) is 90.2 Å². The Balaban J connectivity index is 1.66. The van der Waals surface area contributed by atoms with E-state index in [1.807, 2.05) is 12.1 Å². The van der Waals surface area contributed by atoms with E-state index >= 15 is 0 Å². The van der Waals surface area contributed by atoms with Crippen molar-refractivity contribution in [1.82, 2.24) is 0 Å². The Morgan fingerprint density at radius 3 is 1.62 bits per heavy atom. The first-order valence-electron chi connectivity index (χ1n) is 12.4. The average Bonchev–Trinajstić information content (AvgIpc) is 2.75. The Morgan fingerprint density at radius 1 is 0.688 bits per heavy atom. The normalized spacial score (nSPS) is 12.5. The number of unbranched alkanes of at least 4 members (excludes halogenated alkanes) is 4. The third-order valence-corrected chi connectivity index (χ3v) is 8.04. The molecule has 2 nitrogen and oxygen atoms in total. The highest BCUT2D eigenvalue weighted by Gasteiger charge is 2.10. The number of benzene rings is 2. The Hall–Kier alpha value is -1.02. The molecule has 0 bridgehead atoms. The molecule has 0 heterocycles. The first kappa shape index (κ1) is 27.2. The van der Waals surface area contributed by atoms with Crippen LogP contribution < -0.4 is 4.52 Å². The van der Waals surface area contributed by atoms with Gasteiger partial charge in [0, 0.05) is 4.90 Å². The molecule has 0 fully saturated rings. The predicted molar refractivity (Wildman–Crippen MR) is 143 cm³/mol. The summed E-state index contributed by atoms with van der Waals surface area (Å²) in [5.41, 5.74) is 2.72. The zero-order chi connectivity index (χ0) is 23.2. The molecule has 0 aliphatic heterocycles. The Kier molecular flexibility index (Phi) is 13.4. The van der Waals surface area contributed by atoms with Gasteiger partial charge in [-0.25, -0.2) is 0 Å². The summed E-state index contributed by atoms with van der Waals surface area (Å²) in [6.07, 6.45) is 12.7. The maximum absolute atomic E-state index is 10.4. The minimum atomic E-state index is -1.58. The molecular formula is C28H43O2PS. The second-order valence-corrected chi connectivity index (χ2v) is 12.5. The predicted octanol–water partition coefficient (Wildman–Crippen LogP) is 9.59. The van der Waals surface area contributed by atoms with E-state index in [0.717, 1.165) is 35.3 Å². The lowest BCUT2D eigenvalue weighted by Crippen LogP contribution is -1.90. The molecular weight excluding hydrogens is 431 g/mol. The van der Waals surface area contributed by atoms with E-state index in [1.54, 1.807) is 0 Å². The van der Waals surface area contributed by atoms with Gasteiger partial charge in [0.05, 0.1) is 0 Å². The monoisotopic (exact) mass is 474 g/mol. The molecule has 1 N–H and O–H groups in total. The van der Waals surface area contributed by atoms with Crippen molar-refractivity contribution in [3.05, 3.63) is 59.7 Å². The Morgan fingerprint density at radius 2 is 1.16 bits per heavy atom. The summed E-state index contributed by atoms with van der Waals surface area (Å²) in [6, 6.07) is 16.8. The molecule has 0 radical (unpaired) electrons. The maximum atomic E-state index is 10.4. The summed E-state index contributed by atoms with van der Waals surface area (Å²) >= 11 is 1.41. The molecule has 0 aliphatic rings. The van der Waals surface area contributed by atoms with Gasteiger partial charge in [-0.3, -0.25) is 0 Å². The molecule has 2 aromatic carbocycles. The third-order valence-electron chi connectivity index (χ3n) is 5.71. The third kappa shape index (κ3) is 12.3. The van der Waals surface area contributed by atoms with Crippen LogP contribution in [0.3, 0.4) is 0 Å². The van der Waals surface area contributed by atoms with E-state index in [1.165, 1.54) is 73.9 Å². The van der Waals surface area contributed by atoms with Crippen molar-refractivity contribution in [3.8, 4) is 5.75 Å². The fourth-order valence-electron chi connectivity index (χ4n) is 3.75. The topological polar surface area (TPSA) is 29.5 Å². The van der Waals surface area contributed by atoms with Crippen LogP contribution in [0.2, 0.25) is 0 Å². The molecule has 2 rings (SSSR count). The summed E-state index contributed by atoms with van der Waals surface area (Å²) in [4.78, 5) is 11.4. The summed E-state index contributed by atoms with van der Waals surface area (Å²) in [6.45, 7) is 9.17.